The molecule has 12 heteroatoms. The van der Waals surface area contributed by atoms with Gasteiger partial charge in [0.25, 0.3) is 0 Å². The summed E-state index contributed by atoms with van der Waals surface area (Å²) >= 11 is 0. The van der Waals surface area contributed by atoms with Crippen LogP contribution in [-0.2, 0) is 14.3 Å². The van der Waals surface area contributed by atoms with E-state index in [1.54, 1.807) is 26.8 Å². The number of aliphatic hydroxyl groups is 9. The van der Waals surface area contributed by atoms with E-state index in [4.69, 9.17) is 9.47 Å². The highest BCUT2D eigenvalue weighted by Crippen LogP contribution is 2.68. The first-order chi connectivity index (χ1) is 20.7. The van der Waals surface area contributed by atoms with E-state index in [1.165, 1.54) is 0 Å². The van der Waals surface area contributed by atoms with Gasteiger partial charge in [-0.1, -0.05) is 13.8 Å². The summed E-state index contributed by atoms with van der Waals surface area (Å²) in [5.74, 6) is -1.26. The van der Waals surface area contributed by atoms with Crippen molar-refractivity contribution in [3.63, 3.8) is 0 Å². The summed E-state index contributed by atoms with van der Waals surface area (Å²) in [6.07, 6.45) is -6.04. The van der Waals surface area contributed by atoms with Crippen LogP contribution in [0.3, 0.4) is 0 Å². The average molecular weight is 643 g/mol. The van der Waals surface area contributed by atoms with Crippen molar-refractivity contribution in [2.24, 2.45) is 28.6 Å². The van der Waals surface area contributed by atoms with Crippen LogP contribution in [0.4, 0.5) is 0 Å². The van der Waals surface area contributed by atoms with Crippen molar-refractivity contribution in [3.05, 3.63) is 11.6 Å². The maximum atomic E-state index is 13.4. The molecule has 258 valence electrons. The zero-order valence-corrected chi connectivity index (χ0v) is 27.0. The highest BCUT2D eigenvalue weighted by molar-refractivity contribution is 5.95. The summed E-state index contributed by atoms with van der Waals surface area (Å²) in [4.78, 5) is 13.4. The molecular weight excluding hydrogens is 588 g/mol. The fourth-order valence-electron chi connectivity index (χ4n) is 9.85. The molecule has 0 aromatic rings. The van der Waals surface area contributed by atoms with Crippen LogP contribution in [0.1, 0.15) is 86.0 Å². The monoisotopic (exact) mass is 642 g/mol. The van der Waals surface area contributed by atoms with Gasteiger partial charge >= 0.3 is 0 Å². The third kappa shape index (κ3) is 5.55. The smallest absolute Gasteiger partial charge is 0.187 e. The molecule has 15 atom stereocenters. The Bertz CT molecular complexity index is 1150. The van der Waals surface area contributed by atoms with Crippen molar-refractivity contribution in [1.29, 1.82) is 0 Å². The van der Waals surface area contributed by atoms with Crippen LogP contribution in [-0.4, -0.2) is 124 Å². The lowest BCUT2D eigenvalue weighted by Gasteiger charge is -2.60. The van der Waals surface area contributed by atoms with E-state index in [9.17, 15) is 50.8 Å². The number of carbonyl (C=O) groups excluding carboxylic acids is 1. The molecule has 0 amide bonds. The highest BCUT2D eigenvalue weighted by atomic mass is 16.7. The molecule has 5 rings (SSSR count). The fraction of sp³-hybridized carbons (Fsp3) is 0.909. The van der Waals surface area contributed by atoms with Gasteiger partial charge < -0.3 is 55.4 Å². The van der Waals surface area contributed by atoms with E-state index in [0.29, 0.717) is 31.3 Å². The molecule has 4 fully saturated rings. The van der Waals surface area contributed by atoms with E-state index >= 15 is 0 Å². The van der Waals surface area contributed by atoms with Crippen LogP contribution in [0, 0.1) is 28.6 Å². The first kappa shape index (κ1) is 35.3. The number of fused-ring (bicyclic) bond motifs is 5. The quantitative estimate of drug-likeness (QED) is 0.166. The molecule has 12 nitrogen and oxygen atoms in total. The van der Waals surface area contributed by atoms with Gasteiger partial charge in [0.1, 0.15) is 24.4 Å². The lowest BCUT2D eigenvalue weighted by Crippen LogP contribution is -2.63. The number of ether oxygens (including phenoxy) is 2. The van der Waals surface area contributed by atoms with Crippen LogP contribution < -0.4 is 0 Å². The standard InChI is InChI=1S/C33H54O12/c1-29(2,45-28-27(41)26(40)25(39)22(15-34)44-28)9-8-24(38)32(5,42)23-7-11-33(43)17-12-19(35)18-13-20(36)21(37)14-30(18,3)16(17)6-10-31(23,33)4/h12,16,18,20-28,34,36-43H,6-11,13-15H2,1-5H3/t16-,18-,20+,21-,22+,23-,24?,25+,26-,27+,28-,30+,31+,32+,33+/m0/s1. The Balaban J connectivity index is 1.30. The van der Waals surface area contributed by atoms with E-state index in [2.05, 4.69) is 0 Å². The molecule has 4 aliphatic carbocycles. The summed E-state index contributed by atoms with van der Waals surface area (Å²) < 4.78 is 11.4. The minimum atomic E-state index is -1.62. The number of carbonyl (C=O) groups is 1. The van der Waals surface area contributed by atoms with Gasteiger partial charge in [0.2, 0.25) is 0 Å². The van der Waals surface area contributed by atoms with Gasteiger partial charge in [0.15, 0.2) is 12.1 Å². The SMILES string of the molecule is CC(C)(CCC(O)[C@](C)(O)[C@H]1CC[C@@]2(O)C3=CC(=O)[C@@H]4C[C@@H](O)[C@@H](O)C[C@]4(C)[C@H]3CC[C@]12C)O[C@@H]1O[C@H](CO)[C@@H](O)[C@H](O)[C@H]1O. The second-order valence-electron chi connectivity index (χ2n) is 16.0. The van der Waals surface area contributed by atoms with E-state index in [-0.39, 0.29) is 37.4 Å². The van der Waals surface area contributed by atoms with Gasteiger partial charge in [0.05, 0.1) is 41.7 Å². The third-order valence-corrected chi connectivity index (χ3v) is 12.8. The number of ketones is 1. The lowest BCUT2D eigenvalue weighted by molar-refractivity contribution is -0.324. The molecule has 9 N–H and O–H groups in total. The molecule has 0 radical (unpaired) electrons. The maximum absolute atomic E-state index is 13.4. The lowest BCUT2D eigenvalue weighted by atomic mass is 9.45. The minimum absolute atomic E-state index is 0.0895. The van der Waals surface area contributed by atoms with E-state index < -0.39 is 95.1 Å². The van der Waals surface area contributed by atoms with Gasteiger partial charge in [-0.05, 0) is 101 Å². The number of hydrogen-bond acceptors (Lipinski definition) is 12. The normalized spacial score (nSPS) is 48.9. The van der Waals surface area contributed by atoms with Crippen LogP contribution in [0.5, 0.6) is 0 Å². The van der Waals surface area contributed by atoms with E-state index in [1.807, 2.05) is 13.8 Å². The van der Waals surface area contributed by atoms with Crippen molar-refractivity contribution in [2.75, 3.05) is 6.61 Å². The van der Waals surface area contributed by atoms with Crippen molar-refractivity contribution >= 4 is 5.78 Å². The first-order valence-electron chi connectivity index (χ1n) is 16.5. The molecule has 3 saturated carbocycles. The Morgan fingerprint density at radius 3 is 2.31 bits per heavy atom. The molecule has 1 saturated heterocycles. The van der Waals surface area contributed by atoms with Crippen molar-refractivity contribution in [2.45, 2.75) is 152 Å². The highest BCUT2D eigenvalue weighted by Gasteiger charge is 2.69. The Kier molecular flexibility index (Phi) is 9.28. The van der Waals surface area contributed by atoms with Crippen LogP contribution in [0.25, 0.3) is 0 Å². The fourth-order valence-corrected chi connectivity index (χ4v) is 9.85. The molecule has 0 bridgehead atoms. The topological polar surface area (TPSA) is 218 Å². The zero-order valence-electron chi connectivity index (χ0n) is 27.0. The Hall–Kier alpha value is -1.03. The second kappa shape index (κ2) is 11.8. The molecule has 5 aliphatic rings. The Morgan fingerprint density at radius 1 is 1.00 bits per heavy atom. The summed E-state index contributed by atoms with van der Waals surface area (Å²) in [6.45, 7) is 8.30. The predicted octanol–water partition coefficient (Wildman–Crippen LogP) is -0.322. The molecule has 1 aliphatic heterocycles. The van der Waals surface area contributed by atoms with E-state index in [0.717, 1.165) is 0 Å². The Labute approximate surface area is 264 Å². The Morgan fingerprint density at radius 2 is 1.67 bits per heavy atom. The predicted molar refractivity (Wildman–Crippen MR) is 159 cm³/mol. The molecule has 0 aromatic heterocycles. The summed E-state index contributed by atoms with van der Waals surface area (Å²) in [7, 11) is 0. The molecule has 0 aromatic carbocycles. The molecular formula is C33H54O12. The van der Waals surface area contributed by atoms with Gasteiger partial charge in [-0.3, -0.25) is 4.79 Å². The van der Waals surface area contributed by atoms with Crippen LogP contribution in [0.2, 0.25) is 0 Å². The summed E-state index contributed by atoms with van der Waals surface area (Å²) in [5, 5.41) is 96.7. The largest absolute Gasteiger partial charge is 0.394 e. The maximum Gasteiger partial charge on any atom is 0.187 e. The van der Waals surface area contributed by atoms with Crippen LogP contribution >= 0.6 is 0 Å². The van der Waals surface area contributed by atoms with Crippen molar-refractivity contribution in [1.82, 2.24) is 0 Å². The molecule has 0 spiro atoms. The number of allylic oxidation sites excluding steroid dienone is 1. The van der Waals surface area contributed by atoms with Crippen molar-refractivity contribution in [3.8, 4) is 0 Å². The number of aliphatic hydroxyl groups excluding tert-OH is 7. The average Bonchev–Trinajstić information content (AvgIpc) is 3.25. The second-order valence-corrected chi connectivity index (χ2v) is 16.0. The molecule has 45 heavy (non-hydrogen) atoms. The van der Waals surface area contributed by atoms with Crippen LogP contribution in [0.15, 0.2) is 11.6 Å². The third-order valence-electron chi connectivity index (χ3n) is 12.8. The molecule has 1 unspecified atom stereocenters. The number of rotatable bonds is 8. The minimum Gasteiger partial charge on any atom is -0.394 e. The summed E-state index contributed by atoms with van der Waals surface area (Å²) in [6, 6.07) is 0. The van der Waals surface area contributed by atoms with Gasteiger partial charge in [-0.15, -0.1) is 0 Å². The van der Waals surface area contributed by atoms with Crippen molar-refractivity contribution < 1.29 is 60.2 Å². The van der Waals surface area contributed by atoms with Gasteiger partial charge in [-0.2, -0.15) is 0 Å². The molecule has 1 heterocycles. The number of hydrogen-bond donors (Lipinski definition) is 9. The zero-order chi connectivity index (χ0) is 33.5. The summed E-state index contributed by atoms with van der Waals surface area (Å²) in [5.41, 5.74) is -4.84. The van der Waals surface area contributed by atoms with Gasteiger partial charge in [0, 0.05) is 11.3 Å². The first-order valence-corrected chi connectivity index (χ1v) is 16.5. The van der Waals surface area contributed by atoms with Gasteiger partial charge in [-0.25, -0.2) is 0 Å².